The summed E-state index contributed by atoms with van der Waals surface area (Å²) in [6, 6.07) is 28.6. The molecule has 0 saturated heterocycles. The molecule has 0 saturated carbocycles. The number of hydrogen-bond acceptors (Lipinski definition) is 7. The molecule has 0 atom stereocenters. The lowest BCUT2D eigenvalue weighted by atomic mass is 10.0. The fraction of sp³-hybridized carbons (Fsp3) is 0.156. The summed E-state index contributed by atoms with van der Waals surface area (Å²) in [6.45, 7) is 1.59. The van der Waals surface area contributed by atoms with Crippen molar-refractivity contribution in [1.82, 2.24) is 9.97 Å². The number of methoxy groups -OCH3 is 2. The number of benzene rings is 4. The Labute approximate surface area is 227 Å². The molecule has 0 amide bonds. The van der Waals surface area contributed by atoms with Crippen LogP contribution in [0.1, 0.15) is 11.1 Å². The molecule has 1 aromatic heterocycles. The first kappa shape index (κ1) is 24.6. The van der Waals surface area contributed by atoms with E-state index in [1.807, 2.05) is 48.7 Å². The number of ether oxygens (including phenoxy) is 3. The monoisotopic (exact) mass is 516 g/mol. The molecule has 0 bridgehead atoms. The van der Waals surface area contributed by atoms with E-state index in [4.69, 9.17) is 24.2 Å². The molecule has 4 aromatic carbocycles. The molecule has 7 heteroatoms. The highest BCUT2D eigenvalue weighted by molar-refractivity contribution is 5.95. The number of hydrogen-bond donors (Lipinski definition) is 1. The summed E-state index contributed by atoms with van der Waals surface area (Å²) in [5, 5.41) is 4.35. The zero-order chi connectivity index (χ0) is 26.6. The van der Waals surface area contributed by atoms with Gasteiger partial charge in [-0.2, -0.15) is 0 Å². The van der Waals surface area contributed by atoms with Gasteiger partial charge < -0.3 is 19.5 Å². The van der Waals surface area contributed by atoms with Crippen LogP contribution >= 0.6 is 0 Å². The number of aliphatic imine (C=N–C) groups is 1. The van der Waals surface area contributed by atoms with Crippen LogP contribution in [0, 0.1) is 0 Å². The Bertz CT molecular complexity index is 1670. The predicted molar refractivity (Wildman–Crippen MR) is 155 cm³/mol. The molecule has 0 aliphatic carbocycles. The number of aromatic nitrogens is 2. The first-order valence-corrected chi connectivity index (χ1v) is 12.8. The molecule has 0 radical (unpaired) electrons. The van der Waals surface area contributed by atoms with Crippen molar-refractivity contribution >= 4 is 28.6 Å². The average molecular weight is 517 g/mol. The zero-order valence-corrected chi connectivity index (χ0v) is 21.8. The molecular weight excluding hydrogens is 488 g/mol. The van der Waals surface area contributed by atoms with Crippen molar-refractivity contribution in [2.45, 2.75) is 6.54 Å². The highest BCUT2D eigenvalue weighted by Gasteiger charge is 2.16. The molecule has 1 aliphatic rings. The molecule has 0 fully saturated rings. The quantitative estimate of drug-likeness (QED) is 0.220. The van der Waals surface area contributed by atoms with E-state index < -0.39 is 0 Å². The number of nitrogens with zero attached hydrogens (tertiary/aromatic N) is 3. The lowest BCUT2D eigenvalue weighted by Gasteiger charge is -2.16. The van der Waals surface area contributed by atoms with Crippen molar-refractivity contribution < 1.29 is 14.2 Å². The molecule has 1 N–H and O–H groups in total. The smallest absolute Gasteiger partial charge is 0.162 e. The second-order valence-corrected chi connectivity index (χ2v) is 9.21. The van der Waals surface area contributed by atoms with Gasteiger partial charge in [-0.3, -0.25) is 4.99 Å². The van der Waals surface area contributed by atoms with E-state index in [0.717, 1.165) is 45.4 Å². The lowest BCUT2D eigenvalue weighted by Crippen LogP contribution is -2.06. The molecule has 0 unspecified atom stereocenters. The highest BCUT2D eigenvalue weighted by Crippen LogP contribution is 2.37. The van der Waals surface area contributed by atoms with Gasteiger partial charge in [-0.05, 0) is 46.5 Å². The van der Waals surface area contributed by atoms with Gasteiger partial charge in [-0.15, -0.1) is 0 Å². The maximum atomic E-state index is 5.97. The standard InChI is InChI=1S/C32H28N4O3/c1-37-13-14-39-30-17-27-28(18-29(30)38-2)35-31(23-10-6-9-22(15-23)21-7-4-3-5-8-21)36-32(27)34-26-12-11-24-19-33-20-25(24)16-26/h3-12,15-18,20H,13-14,19H2,1-2H3,(H,34,35,36). The topological polar surface area (TPSA) is 77.9 Å². The van der Waals surface area contributed by atoms with Crippen molar-refractivity contribution in [3.05, 3.63) is 96.1 Å². The van der Waals surface area contributed by atoms with Crippen LogP contribution in [0.3, 0.4) is 0 Å². The summed E-state index contributed by atoms with van der Waals surface area (Å²) < 4.78 is 16.8. The largest absolute Gasteiger partial charge is 0.493 e. The molecule has 2 heterocycles. The zero-order valence-electron chi connectivity index (χ0n) is 21.8. The maximum absolute atomic E-state index is 5.97. The van der Waals surface area contributed by atoms with Crippen molar-refractivity contribution in [3.63, 3.8) is 0 Å². The van der Waals surface area contributed by atoms with Gasteiger partial charge in [-0.25, -0.2) is 9.97 Å². The number of nitrogens with one attached hydrogen (secondary N) is 1. The van der Waals surface area contributed by atoms with E-state index in [0.29, 0.717) is 36.4 Å². The van der Waals surface area contributed by atoms with E-state index in [9.17, 15) is 0 Å². The second kappa shape index (κ2) is 10.9. The first-order chi connectivity index (χ1) is 19.2. The Morgan fingerprint density at radius 1 is 0.769 bits per heavy atom. The Morgan fingerprint density at radius 3 is 2.46 bits per heavy atom. The van der Waals surface area contributed by atoms with Gasteiger partial charge in [-0.1, -0.05) is 54.6 Å². The summed E-state index contributed by atoms with van der Waals surface area (Å²) in [7, 11) is 3.27. The molecule has 194 valence electrons. The van der Waals surface area contributed by atoms with Gasteiger partial charge in [0, 0.05) is 36.0 Å². The summed E-state index contributed by atoms with van der Waals surface area (Å²) in [4.78, 5) is 14.3. The van der Waals surface area contributed by atoms with Gasteiger partial charge in [0.2, 0.25) is 0 Å². The van der Waals surface area contributed by atoms with Crippen LogP contribution in [0.15, 0.2) is 89.9 Å². The van der Waals surface area contributed by atoms with E-state index in [1.165, 1.54) is 5.56 Å². The van der Waals surface area contributed by atoms with Crippen LogP contribution in [0.4, 0.5) is 11.5 Å². The number of anilines is 2. The van der Waals surface area contributed by atoms with Crippen LogP contribution in [0.5, 0.6) is 11.5 Å². The van der Waals surface area contributed by atoms with Crippen molar-refractivity contribution in [2.24, 2.45) is 4.99 Å². The second-order valence-electron chi connectivity index (χ2n) is 9.21. The highest BCUT2D eigenvalue weighted by atomic mass is 16.5. The van der Waals surface area contributed by atoms with Crippen LogP contribution in [0.2, 0.25) is 0 Å². The van der Waals surface area contributed by atoms with Crippen molar-refractivity contribution in [2.75, 3.05) is 32.8 Å². The summed E-state index contributed by atoms with van der Waals surface area (Å²) >= 11 is 0. The van der Waals surface area contributed by atoms with Crippen molar-refractivity contribution in [3.8, 4) is 34.0 Å². The van der Waals surface area contributed by atoms with E-state index in [-0.39, 0.29) is 0 Å². The normalized spacial score (nSPS) is 11.9. The Morgan fingerprint density at radius 2 is 1.62 bits per heavy atom. The number of fused-ring (bicyclic) bond motifs is 2. The summed E-state index contributed by atoms with van der Waals surface area (Å²) in [5.74, 6) is 2.49. The summed E-state index contributed by atoms with van der Waals surface area (Å²) in [5.41, 5.74) is 7.14. The SMILES string of the molecule is COCCOc1cc2c(Nc3ccc4c(c3)C=NC4)nc(-c3cccc(-c4ccccc4)c3)nc2cc1OC. The van der Waals surface area contributed by atoms with Gasteiger partial charge in [0.1, 0.15) is 12.4 Å². The molecular formula is C32H28N4O3. The minimum atomic E-state index is 0.399. The summed E-state index contributed by atoms with van der Waals surface area (Å²) in [6.07, 6.45) is 1.91. The molecule has 5 aromatic rings. The van der Waals surface area contributed by atoms with Crippen LogP contribution in [0.25, 0.3) is 33.4 Å². The fourth-order valence-corrected chi connectivity index (χ4v) is 4.65. The molecule has 39 heavy (non-hydrogen) atoms. The molecule has 1 aliphatic heterocycles. The lowest BCUT2D eigenvalue weighted by molar-refractivity contribution is 0.144. The first-order valence-electron chi connectivity index (χ1n) is 12.8. The van der Waals surface area contributed by atoms with Gasteiger partial charge in [0.15, 0.2) is 17.3 Å². The third kappa shape index (κ3) is 5.17. The van der Waals surface area contributed by atoms with E-state index >= 15 is 0 Å². The number of rotatable bonds is 9. The van der Waals surface area contributed by atoms with Gasteiger partial charge in [0.25, 0.3) is 0 Å². The van der Waals surface area contributed by atoms with Crippen molar-refractivity contribution in [1.29, 1.82) is 0 Å². The molecule has 7 nitrogen and oxygen atoms in total. The van der Waals surface area contributed by atoms with Gasteiger partial charge >= 0.3 is 0 Å². The molecule has 6 rings (SSSR count). The van der Waals surface area contributed by atoms with Gasteiger partial charge in [0.05, 0.1) is 25.8 Å². The Balaban J connectivity index is 1.47. The Hall–Kier alpha value is -4.75. The van der Waals surface area contributed by atoms with E-state index in [1.54, 1.807) is 14.2 Å². The fourth-order valence-electron chi connectivity index (χ4n) is 4.65. The van der Waals surface area contributed by atoms with E-state index in [2.05, 4.69) is 52.8 Å². The predicted octanol–water partition coefficient (Wildman–Crippen LogP) is 6.67. The maximum Gasteiger partial charge on any atom is 0.162 e. The third-order valence-corrected chi connectivity index (χ3v) is 6.65. The average Bonchev–Trinajstić information content (AvgIpc) is 3.45. The minimum Gasteiger partial charge on any atom is -0.493 e. The van der Waals surface area contributed by atoms with Crippen LogP contribution < -0.4 is 14.8 Å². The third-order valence-electron chi connectivity index (χ3n) is 6.65. The van der Waals surface area contributed by atoms with Crippen LogP contribution in [-0.4, -0.2) is 43.6 Å². The van der Waals surface area contributed by atoms with Crippen LogP contribution in [-0.2, 0) is 11.3 Å². The Kier molecular flexibility index (Phi) is 6.89. The molecule has 0 spiro atoms. The minimum absolute atomic E-state index is 0.399.